The van der Waals surface area contributed by atoms with Crippen molar-refractivity contribution in [2.24, 2.45) is 5.92 Å². The maximum absolute atomic E-state index is 12.8. The Morgan fingerprint density at radius 3 is 2.30 bits per heavy atom. The van der Waals surface area contributed by atoms with Crippen LogP contribution in [0.4, 0.5) is 10.5 Å². The van der Waals surface area contributed by atoms with Crippen LogP contribution in [0.3, 0.4) is 0 Å². The standard InChI is InChI=1S/C24H26N2O7/c1-15-8-9-18(12-20(15)25)21(27)26(19-10-11-19)24(30)33-14-32-23(29)16(2)22(28)31-13-17-6-4-3-5-7-17/h3-9,12,16,19H,10-11,13-14,25H2,1-2H3. The van der Waals surface area contributed by atoms with Gasteiger partial charge in [0.1, 0.15) is 6.61 Å². The van der Waals surface area contributed by atoms with Gasteiger partial charge in [-0.2, -0.15) is 0 Å². The first-order chi connectivity index (χ1) is 15.8. The van der Waals surface area contributed by atoms with E-state index in [0.717, 1.165) is 16.0 Å². The number of nitrogen functional groups attached to an aromatic ring is 1. The molecule has 9 heteroatoms. The van der Waals surface area contributed by atoms with Crippen LogP contribution >= 0.6 is 0 Å². The van der Waals surface area contributed by atoms with E-state index in [1.54, 1.807) is 36.4 Å². The van der Waals surface area contributed by atoms with E-state index in [0.29, 0.717) is 18.5 Å². The summed E-state index contributed by atoms with van der Waals surface area (Å²) >= 11 is 0. The summed E-state index contributed by atoms with van der Waals surface area (Å²) in [6, 6.07) is 13.5. The molecule has 0 saturated heterocycles. The molecule has 1 aliphatic carbocycles. The van der Waals surface area contributed by atoms with Gasteiger partial charge < -0.3 is 19.9 Å². The fourth-order valence-electron chi connectivity index (χ4n) is 2.93. The highest BCUT2D eigenvalue weighted by Gasteiger charge is 2.39. The van der Waals surface area contributed by atoms with E-state index in [4.69, 9.17) is 19.9 Å². The molecule has 0 bridgehead atoms. The predicted molar refractivity (Wildman–Crippen MR) is 118 cm³/mol. The quantitative estimate of drug-likeness (QED) is 0.279. The van der Waals surface area contributed by atoms with Crippen LogP contribution in [0.2, 0.25) is 0 Å². The van der Waals surface area contributed by atoms with Gasteiger partial charge in [-0.25, -0.2) is 9.69 Å². The van der Waals surface area contributed by atoms with E-state index >= 15 is 0 Å². The first-order valence-electron chi connectivity index (χ1n) is 10.5. The number of ether oxygens (including phenoxy) is 3. The normalized spacial score (nSPS) is 13.5. The maximum Gasteiger partial charge on any atom is 0.419 e. The second-order valence-corrected chi connectivity index (χ2v) is 7.78. The number of carbonyl (C=O) groups is 4. The van der Waals surface area contributed by atoms with Crippen molar-refractivity contribution in [3.8, 4) is 0 Å². The van der Waals surface area contributed by atoms with Crippen molar-refractivity contribution in [2.45, 2.75) is 39.3 Å². The Balaban J connectivity index is 1.49. The second-order valence-electron chi connectivity index (χ2n) is 7.78. The molecule has 174 valence electrons. The van der Waals surface area contributed by atoms with Crippen LogP contribution in [0.1, 0.15) is 41.3 Å². The zero-order chi connectivity index (χ0) is 24.0. The Kier molecular flexibility index (Phi) is 7.66. The van der Waals surface area contributed by atoms with Crippen LogP contribution in [0.5, 0.6) is 0 Å². The van der Waals surface area contributed by atoms with Crippen molar-refractivity contribution in [1.82, 2.24) is 4.90 Å². The lowest BCUT2D eigenvalue weighted by Gasteiger charge is -2.20. The highest BCUT2D eigenvalue weighted by molar-refractivity contribution is 6.04. The summed E-state index contributed by atoms with van der Waals surface area (Å²) in [5.41, 5.74) is 8.15. The molecule has 0 aromatic heterocycles. The number of anilines is 1. The molecule has 0 spiro atoms. The molecular formula is C24H26N2O7. The first-order valence-corrected chi connectivity index (χ1v) is 10.5. The lowest BCUT2D eigenvalue weighted by molar-refractivity contribution is -0.166. The zero-order valence-electron chi connectivity index (χ0n) is 18.5. The van der Waals surface area contributed by atoms with E-state index in [1.807, 2.05) is 13.0 Å². The Morgan fingerprint density at radius 2 is 1.67 bits per heavy atom. The van der Waals surface area contributed by atoms with Crippen molar-refractivity contribution in [3.63, 3.8) is 0 Å². The van der Waals surface area contributed by atoms with Crippen LogP contribution in [0.15, 0.2) is 48.5 Å². The lowest BCUT2D eigenvalue weighted by Crippen LogP contribution is -2.39. The van der Waals surface area contributed by atoms with Gasteiger partial charge >= 0.3 is 18.0 Å². The number of rotatable bonds is 8. The molecule has 1 atom stereocenters. The van der Waals surface area contributed by atoms with E-state index in [1.165, 1.54) is 13.0 Å². The molecule has 3 rings (SSSR count). The van der Waals surface area contributed by atoms with Crippen LogP contribution < -0.4 is 5.73 Å². The summed E-state index contributed by atoms with van der Waals surface area (Å²) in [6.07, 6.45) is 0.382. The summed E-state index contributed by atoms with van der Waals surface area (Å²) < 4.78 is 15.0. The van der Waals surface area contributed by atoms with Crippen molar-refractivity contribution < 1.29 is 33.4 Å². The van der Waals surface area contributed by atoms with Gasteiger partial charge in [0, 0.05) is 17.3 Å². The van der Waals surface area contributed by atoms with E-state index < -0.39 is 36.6 Å². The summed E-state index contributed by atoms with van der Waals surface area (Å²) in [4.78, 5) is 50.5. The van der Waals surface area contributed by atoms with Gasteiger partial charge in [-0.3, -0.25) is 14.4 Å². The van der Waals surface area contributed by atoms with Gasteiger partial charge in [-0.1, -0.05) is 36.4 Å². The highest BCUT2D eigenvalue weighted by Crippen LogP contribution is 2.29. The van der Waals surface area contributed by atoms with Crippen LogP contribution in [-0.2, 0) is 30.4 Å². The van der Waals surface area contributed by atoms with Crippen molar-refractivity contribution in [2.75, 3.05) is 12.5 Å². The Labute approximate surface area is 191 Å². The fraction of sp³-hybridized carbons (Fsp3) is 0.333. The third-order valence-corrected chi connectivity index (χ3v) is 5.17. The molecule has 2 aromatic carbocycles. The monoisotopic (exact) mass is 454 g/mol. The SMILES string of the molecule is Cc1ccc(C(=O)N(C(=O)OCOC(=O)C(C)C(=O)OCc2ccccc2)C2CC2)cc1N. The molecule has 1 aliphatic rings. The summed E-state index contributed by atoms with van der Waals surface area (Å²) in [5.74, 6) is -3.42. The number of hydrogen-bond donors (Lipinski definition) is 1. The number of carbonyl (C=O) groups excluding carboxylic acids is 4. The molecule has 33 heavy (non-hydrogen) atoms. The molecule has 1 fully saturated rings. The number of hydrogen-bond acceptors (Lipinski definition) is 8. The minimum absolute atomic E-state index is 0.0221. The minimum atomic E-state index is -1.20. The number of amides is 2. The van der Waals surface area contributed by atoms with Crippen molar-refractivity contribution in [1.29, 1.82) is 0 Å². The number of aryl methyl sites for hydroxylation is 1. The Morgan fingerprint density at radius 1 is 1.00 bits per heavy atom. The third-order valence-electron chi connectivity index (χ3n) is 5.17. The van der Waals surface area contributed by atoms with Crippen LogP contribution in [-0.4, -0.2) is 41.7 Å². The molecule has 0 heterocycles. The molecule has 0 radical (unpaired) electrons. The number of nitrogens with zero attached hydrogens (tertiary/aromatic N) is 1. The van der Waals surface area contributed by atoms with Gasteiger partial charge in [0.2, 0.25) is 6.79 Å². The molecule has 0 aliphatic heterocycles. The molecule has 1 unspecified atom stereocenters. The second kappa shape index (κ2) is 10.6. The van der Waals surface area contributed by atoms with Crippen molar-refractivity contribution >= 4 is 29.6 Å². The smallest absolute Gasteiger partial charge is 0.419 e. The number of benzene rings is 2. The highest BCUT2D eigenvalue weighted by atomic mass is 16.7. The minimum Gasteiger partial charge on any atom is -0.460 e. The molecule has 1 saturated carbocycles. The van der Waals surface area contributed by atoms with Crippen LogP contribution in [0, 0.1) is 12.8 Å². The van der Waals surface area contributed by atoms with Crippen LogP contribution in [0.25, 0.3) is 0 Å². The Bertz CT molecular complexity index is 1030. The maximum atomic E-state index is 12.8. The summed E-state index contributed by atoms with van der Waals surface area (Å²) in [7, 11) is 0. The van der Waals surface area contributed by atoms with E-state index in [9.17, 15) is 19.2 Å². The Hall–Kier alpha value is -3.88. The topological polar surface area (TPSA) is 125 Å². The molecule has 2 N–H and O–H groups in total. The average molecular weight is 454 g/mol. The van der Waals surface area contributed by atoms with Gasteiger partial charge in [0.25, 0.3) is 5.91 Å². The van der Waals surface area contributed by atoms with E-state index in [2.05, 4.69) is 0 Å². The fourth-order valence-corrected chi connectivity index (χ4v) is 2.93. The van der Waals surface area contributed by atoms with Gasteiger partial charge in [0.15, 0.2) is 5.92 Å². The van der Waals surface area contributed by atoms with Gasteiger partial charge in [-0.15, -0.1) is 0 Å². The van der Waals surface area contributed by atoms with Gasteiger partial charge in [-0.05, 0) is 49.9 Å². The first kappa shape index (κ1) is 23.8. The van der Waals surface area contributed by atoms with Crippen molar-refractivity contribution in [3.05, 3.63) is 65.2 Å². The zero-order valence-corrected chi connectivity index (χ0v) is 18.5. The molecule has 9 nitrogen and oxygen atoms in total. The lowest BCUT2D eigenvalue weighted by atomic mass is 10.1. The molecule has 2 amide bonds. The number of nitrogens with two attached hydrogens (primary N) is 1. The van der Waals surface area contributed by atoms with Gasteiger partial charge in [0.05, 0.1) is 0 Å². The number of imide groups is 1. The number of esters is 2. The predicted octanol–water partition coefficient (Wildman–Crippen LogP) is 3.20. The molecular weight excluding hydrogens is 428 g/mol. The summed E-state index contributed by atoms with van der Waals surface area (Å²) in [5, 5.41) is 0. The largest absolute Gasteiger partial charge is 0.460 e. The summed E-state index contributed by atoms with van der Waals surface area (Å²) in [6.45, 7) is 2.43. The molecule has 2 aromatic rings. The van der Waals surface area contributed by atoms with E-state index in [-0.39, 0.29) is 18.2 Å². The average Bonchev–Trinajstić information content (AvgIpc) is 3.64. The third kappa shape index (κ3) is 6.31.